The van der Waals surface area contributed by atoms with Crippen LogP contribution in [0.1, 0.15) is 22.8 Å². The standard InChI is InChI=1S/C13H16O3S/c1-3-16-13(15)9-17-8-12(14)11-6-4-5-10(2)7-11/h4-7H,3,8-9H2,1-2H3. The van der Waals surface area contributed by atoms with Gasteiger partial charge in [0.2, 0.25) is 0 Å². The number of rotatable bonds is 6. The molecule has 0 heterocycles. The van der Waals surface area contributed by atoms with Gasteiger partial charge in [-0.3, -0.25) is 9.59 Å². The lowest BCUT2D eigenvalue weighted by Crippen LogP contribution is -2.10. The molecule has 0 amide bonds. The summed E-state index contributed by atoms with van der Waals surface area (Å²) < 4.78 is 4.78. The van der Waals surface area contributed by atoms with E-state index in [2.05, 4.69) is 0 Å². The Hall–Kier alpha value is -1.29. The average molecular weight is 252 g/mol. The zero-order valence-electron chi connectivity index (χ0n) is 10.1. The lowest BCUT2D eigenvalue weighted by molar-refractivity contribution is -0.139. The number of esters is 1. The van der Waals surface area contributed by atoms with E-state index in [-0.39, 0.29) is 17.5 Å². The van der Waals surface area contributed by atoms with Gasteiger partial charge in [0.1, 0.15) is 0 Å². The molecule has 1 aromatic carbocycles. The molecule has 3 nitrogen and oxygen atoms in total. The first-order valence-electron chi connectivity index (χ1n) is 5.46. The summed E-state index contributed by atoms with van der Waals surface area (Å²) in [7, 11) is 0. The van der Waals surface area contributed by atoms with E-state index in [1.54, 1.807) is 13.0 Å². The Morgan fingerprint density at radius 1 is 1.29 bits per heavy atom. The van der Waals surface area contributed by atoms with E-state index in [9.17, 15) is 9.59 Å². The normalized spacial score (nSPS) is 10.0. The molecule has 0 aliphatic heterocycles. The summed E-state index contributed by atoms with van der Waals surface area (Å²) in [5, 5.41) is 0. The highest BCUT2D eigenvalue weighted by Gasteiger charge is 2.08. The quantitative estimate of drug-likeness (QED) is 0.576. The molecule has 0 saturated carbocycles. The van der Waals surface area contributed by atoms with E-state index in [0.29, 0.717) is 17.9 Å². The highest BCUT2D eigenvalue weighted by atomic mass is 32.2. The summed E-state index contributed by atoms with van der Waals surface area (Å²) in [5.41, 5.74) is 1.76. The fraction of sp³-hybridized carbons (Fsp3) is 0.385. The number of benzene rings is 1. The number of hydrogen-bond donors (Lipinski definition) is 0. The van der Waals surface area contributed by atoms with Crippen molar-refractivity contribution >= 4 is 23.5 Å². The van der Waals surface area contributed by atoms with Gasteiger partial charge in [0.25, 0.3) is 0 Å². The lowest BCUT2D eigenvalue weighted by Gasteiger charge is -2.02. The molecule has 0 spiro atoms. The number of ether oxygens (including phenoxy) is 1. The highest BCUT2D eigenvalue weighted by molar-refractivity contribution is 8.00. The Labute approximate surface area is 106 Å². The number of carbonyl (C=O) groups is 2. The van der Waals surface area contributed by atoms with Gasteiger partial charge >= 0.3 is 5.97 Å². The number of ketones is 1. The topological polar surface area (TPSA) is 43.4 Å². The number of carbonyl (C=O) groups excluding carboxylic acids is 2. The summed E-state index contributed by atoms with van der Waals surface area (Å²) in [5.74, 6) is 0.311. The van der Waals surface area contributed by atoms with E-state index in [4.69, 9.17) is 4.74 Å². The molecule has 4 heteroatoms. The van der Waals surface area contributed by atoms with Crippen molar-refractivity contribution in [2.24, 2.45) is 0 Å². The van der Waals surface area contributed by atoms with Gasteiger partial charge in [-0.25, -0.2) is 0 Å². The second-order valence-electron chi connectivity index (χ2n) is 3.59. The van der Waals surface area contributed by atoms with Gasteiger partial charge in [-0.2, -0.15) is 0 Å². The molecule has 1 aromatic rings. The molecule has 0 aliphatic rings. The number of thioether (sulfide) groups is 1. The van der Waals surface area contributed by atoms with Crippen molar-refractivity contribution in [3.8, 4) is 0 Å². The van der Waals surface area contributed by atoms with Gasteiger partial charge in [0.05, 0.1) is 18.1 Å². The molecule has 92 valence electrons. The third-order valence-corrected chi connectivity index (χ3v) is 3.00. The summed E-state index contributed by atoms with van der Waals surface area (Å²) in [6, 6.07) is 7.45. The van der Waals surface area contributed by atoms with E-state index in [0.717, 1.165) is 5.56 Å². The van der Waals surface area contributed by atoms with Crippen LogP contribution in [-0.4, -0.2) is 29.9 Å². The predicted octanol–water partition coefficient (Wildman–Crippen LogP) is 2.47. The first kappa shape index (κ1) is 13.8. The van der Waals surface area contributed by atoms with Crippen LogP contribution in [0.5, 0.6) is 0 Å². The molecule has 0 bridgehead atoms. The summed E-state index contributed by atoms with van der Waals surface area (Å²) >= 11 is 1.29. The van der Waals surface area contributed by atoms with Gasteiger partial charge in [0.15, 0.2) is 5.78 Å². The first-order chi connectivity index (χ1) is 8.13. The van der Waals surface area contributed by atoms with Crippen LogP contribution in [-0.2, 0) is 9.53 Å². The van der Waals surface area contributed by atoms with Crippen molar-refractivity contribution in [2.75, 3.05) is 18.1 Å². The van der Waals surface area contributed by atoms with Gasteiger partial charge in [-0.15, -0.1) is 11.8 Å². The molecule has 0 aromatic heterocycles. The summed E-state index contributed by atoms with van der Waals surface area (Å²) in [6.45, 7) is 4.09. The molecule has 0 radical (unpaired) electrons. The molecule has 1 rings (SSSR count). The third-order valence-electron chi connectivity index (χ3n) is 2.10. The minimum atomic E-state index is -0.269. The zero-order chi connectivity index (χ0) is 12.7. The highest BCUT2D eigenvalue weighted by Crippen LogP contribution is 2.09. The summed E-state index contributed by atoms with van der Waals surface area (Å²) in [6.07, 6.45) is 0. The largest absolute Gasteiger partial charge is 0.465 e. The van der Waals surface area contributed by atoms with Crippen molar-refractivity contribution in [2.45, 2.75) is 13.8 Å². The van der Waals surface area contributed by atoms with Gasteiger partial charge in [-0.05, 0) is 19.9 Å². The molecule has 0 fully saturated rings. The van der Waals surface area contributed by atoms with Crippen LogP contribution in [0.3, 0.4) is 0 Å². The van der Waals surface area contributed by atoms with Crippen LogP contribution in [0, 0.1) is 6.92 Å². The Morgan fingerprint density at radius 2 is 2.06 bits per heavy atom. The molecule has 0 saturated heterocycles. The second kappa shape index (κ2) is 7.12. The molecule has 0 unspecified atom stereocenters. The van der Waals surface area contributed by atoms with Gasteiger partial charge in [0, 0.05) is 5.56 Å². The molecule has 0 atom stereocenters. The van der Waals surface area contributed by atoms with Crippen LogP contribution in [0.4, 0.5) is 0 Å². The Kier molecular flexibility index (Phi) is 5.77. The van der Waals surface area contributed by atoms with E-state index in [1.165, 1.54) is 11.8 Å². The lowest BCUT2D eigenvalue weighted by atomic mass is 10.1. The van der Waals surface area contributed by atoms with Gasteiger partial charge < -0.3 is 4.74 Å². The molecule has 0 aliphatic carbocycles. The zero-order valence-corrected chi connectivity index (χ0v) is 10.9. The third kappa shape index (κ3) is 5.04. The van der Waals surface area contributed by atoms with Crippen LogP contribution < -0.4 is 0 Å². The van der Waals surface area contributed by atoms with Crippen LogP contribution in [0.2, 0.25) is 0 Å². The van der Waals surface area contributed by atoms with Crippen molar-refractivity contribution in [1.82, 2.24) is 0 Å². The summed E-state index contributed by atoms with van der Waals surface area (Å²) in [4.78, 5) is 22.8. The van der Waals surface area contributed by atoms with E-state index in [1.807, 2.05) is 25.1 Å². The SMILES string of the molecule is CCOC(=O)CSCC(=O)c1cccc(C)c1. The molecule has 17 heavy (non-hydrogen) atoms. The molecular weight excluding hydrogens is 236 g/mol. The average Bonchev–Trinajstić information content (AvgIpc) is 2.29. The van der Waals surface area contributed by atoms with Gasteiger partial charge in [-0.1, -0.05) is 23.8 Å². The maximum absolute atomic E-state index is 11.8. The number of hydrogen-bond acceptors (Lipinski definition) is 4. The Balaban J connectivity index is 2.38. The smallest absolute Gasteiger partial charge is 0.315 e. The second-order valence-corrected chi connectivity index (χ2v) is 4.58. The monoisotopic (exact) mass is 252 g/mol. The first-order valence-corrected chi connectivity index (χ1v) is 6.62. The fourth-order valence-corrected chi connectivity index (χ4v) is 2.04. The van der Waals surface area contributed by atoms with E-state index < -0.39 is 0 Å². The van der Waals surface area contributed by atoms with Crippen LogP contribution in [0.25, 0.3) is 0 Å². The number of aryl methyl sites for hydroxylation is 1. The fourth-order valence-electron chi connectivity index (χ4n) is 1.33. The van der Waals surface area contributed by atoms with Crippen molar-refractivity contribution in [1.29, 1.82) is 0 Å². The molecule has 0 N–H and O–H groups in total. The van der Waals surface area contributed by atoms with Crippen LogP contribution >= 0.6 is 11.8 Å². The molecular formula is C13H16O3S. The minimum Gasteiger partial charge on any atom is -0.465 e. The minimum absolute atomic E-state index is 0.0444. The van der Waals surface area contributed by atoms with Crippen molar-refractivity contribution < 1.29 is 14.3 Å². The van der Waals surface area contributed by atoms with Crippen molar-refractivity contribution in [3.63, 3.8) is 0 Å². The predicted molar refractivity (Wildman–Crippen MR) is 69.5 cm³/mol. The van der Waals surface area contributed by atoms with Crippen molar-refractivity contribution in [3.05, 3.63) is 35.4 Å². The Morgan fingerprint density at radius 3 is 2.71 bits per heavy atom. The maximum atomic E-state index is 11.8. The number of Topliss-reactive ketones (excluding diaryl/α,β-unsaturated/α-hetero) is 1. The maximum Gasteiger partial charge on any atom is 0.315 e. The Bertz CT molecular complexity index is 401. The van der Waals surface area contributed by atoms with Crippen LogP contribution in [0.15, 0.2) is 24.3 Å². The van der Waals surface area contributed by atoms with E-state index >= 15 is 0 Å².